The second-order valence-electron chi connectivity index (χ2n) is 10.7. The quantitative estimate of drug-likeness (QED) is 0.705. The molecule has 1 spiro atoms. The maximum absolute atomic E-state index is 13.7. The van der Waals surface area contributed by atoms with Gasteiger partial charge in [0.05, 0.1) is 11.7 Å². The second kappa shape index (κ2) is 9.07. The van der Waals surface area contributed by atoms with Gasteiger partial charge in [-0.15, -0.1) is 0 Å². The Kier molecular flexibility index (Phi) is 6.09. The molecule has 186 valence electrons. The van der Waals surface area contributed by atoms with E-state index in [1.54, 1.807) is 0 Å². The zero-order valence-electron chi connectivity index (χ0n) is 20.7. The van der Waals surface area contributed by atoms with Crippen molar-refractivity contribution in [3.63, 3.8) is 0 Å². The highest BCUT2D eigenvalue weighted by atomic mass is 16.7. The summed E-state index contributed by atoms with van der Waals surface area (Å²) in [5.74, 6) is 1.54. The number of nitrogens with zero attached hydrogens (tertiary/aromatic N) is 2. The summed E-state index contributed by atoms with van der Waals surface area (Å²) in [6.45, 7) is 7.80. The molecule has 3 heterocycles. The average Bonchev–Trinajstić information content (AvgIpc) is 3.38. The summed E-state index contributed by atoms with van der Waals surface area (Å²) in [5, 5.41) is 6.75. The first-order valence-electron chi connectivity index (χ1n) is 12.3. The third-order valence-corrected chi connectivity index (χ3v) is 6.94. The fourth-order valence-electron chi connectivity index (χ4n) is 5.20. The van der Waals surface area contributed by atoms with Gasteiger partial charge in [0.1, 0.15) is 0 Å². The van der Waals surface area contributed by atoms with Crippen molar-refractivity contribution in [2.45, 2.75) is 63.8 Å². The Bertz CT molecular complexity index is 1090. The van der Waals surface area contributed by atoms with Crippen molar-refractivity contribution < 1.29 is 19.1 Å². The lowest BCUT2D eigenvalue weighted by molar-refractivity contribution is -0.134. The summed E-state index contributed by atoms with van der Waals surface area (Å²) < 4.78 is 11.0. The Hall–Kier alpha value is -3.26. The lowest BCUT2D eigenvalue weighted by atomic mass is 9.95. The molecule has 3 aliphatic heterocycles. The Morgan fingerprint density at radius 2 is 1.77 bits per heavy atom. The topological polar surface area (TPSA) is 83.1 Å². The van der Waals surface area contributed by atoms with Crippen molar-refractivity contribution in [3.05, 3.63) is 59.7 Å². The van der Waals surface area contributed by atoms with Gasteiger partial charge in [0.15, 0.2) is 11.5 Å². The van der Waals surface area contributed by atoms with Crippen molar-refractivity contribution in [2.75, 3.05) is 19.9 Å². The van der Waals surface area contributed by atoms with Gasteiger partial charge in [0.25, 0.3) is 0 Å². The van der Waals surface area contributed by atoms with Gasteiger partial charge in [0.2, 0.25) is 12.7 Å². The minimum Gasteiger partial charge on any atom is -0.454 e. The van der Waals surface area contributed by atoms with E-state index in [0.29, 0.717) is 44.6 Å². The number of ether oxygens (including phenoxy) is 2. The highest BCUT2D eigenvalue weighted by Gasteiger charge is 2.51. The van der Waals surface area contributed by atoms with E-state index in [1.165, 1.54) is 0 Å². The third-order valence-electron chi connectivity index (χ3n) is 6.94. The monoisotopic (exact) mass is 478 g/mol. The smallest absolute Gasteiger partial charge is 0.317 e. The number of likely N-dealkylation sites (tertiary alicyclic amines) is 1. The van der Waals surface area contributed by atoms with E-state index in [9.17, 15) is 9.59 Å². The normalized spacial score (nSPS) is 21.0. The molecule has 8 heteroatoms. The predicted molar refractivity (Wildman–Crippen MR) is 132 cm³/mol. The van der Waals surface area contributed by atoms with Crippen LogP contribution in [0.2, 0.25) is 0 Å². The lowest BCUT2D eigenvalue weighted by Gasteiger charge is -2.45. The molecule has 1 unspecified atom stereocenters. The van der Waals surface area contributed by atoms with Crippen molar-refractivity contribution in [2.24, 2.45) is 0 Å². The molecule has 2 N–H and O–H groups in total. The molecule has 0 saturated carbocycles. The molecule has 35 heavy (non-hydrogen) atoms. The Morgan fingerprint density at radius 3 is 2.49 bits per heavy atom. The number of piperidine rings is 1. The minimum atomic E-state index is -0.495. The first-order valence-corrected chi connectivity index (χ1v) is 12.3. The van der Waals surface area contributed by atoms with E-state index >= 15 is 0 Å². The van der Waals surface area contributed by atoms with E-state index in [0.717, 1.165) is 16.9 Å². The predicted octanol–water partition coefficient (Wildman–Crippen LogP) is 3.26. The van der Waals surface area contributed by atoms with Crippen LogP contribution in [0.3, 0.4) is 0 Å². The average molecular weight is 479 g/mol. The van der Waals surface area contributed by atoms with Crippen molar-refractivity contribution in [1.29, 1.82) is 0 Å². The molecule has 8 nitrogen and oxygen atoms in total. The third kappa shape index (κ3) is 4.93. The van der Waals surface area contributed by atoms with Crippen LogP contribution in [0.1, 0.15) is 44.7 Å². The molecule has 0 aromatic heterocycles. The number of amides is 3. The summed E-state index contributed by atoms with van der Waals surface area (Å²) in [7, 11) is 0. The molecule has 2 aromatic rings. The Labute approximate surface area is 206 Å². The van der Waals surface area contributed by atoms with Gasteiger partial charge in [-0.3, -0.25) is 10.1 Å². The van der Waals surface area contributed by atoms with Gasteiger partial charge in [0, 0.05) is 38.0 Å². The molecular formula is C27H34N4O4. The summed E-state index contributed by atoms with van der Waals surface area (Å²) in [4.78, 5) is 30.3. The van der Waals surface area contributed by atoms with E-state index < -0.39 is 5.66 Å². The molecular weight excluding hydrogens is 444 g/mol. The molecule has 3 amide bonds. The molecule has 0 bridgehead atoms. The number of urea groups is 1. The van der Waals surface area contributed by atoms with Crippen LogP contribution in [0.4, 0.5) is 4.79 Å². The molecule has 3 aliphatic rings. The van der Waals surface area contributed by atoms with Gasteiger partial charge < -0.3 is 24.6 Å². The SMILES string of the molecule is CC(C)(C)NC(=O)N1CCC2(CC1)NC(Cc1ccccc1)C(=O)N2Cc1ccc2c(c1)OCO2. The molecule has 0 aliphatic carbocycles. The van der Waals surface area contributed by atoms with Gasteiger partial charge in [-0.1, -0.05) is 36.4 Å². The second-order valence-corrected chi connectivity index (χ2v) is 10.7. The Morgan fingerprint density at radius 1 is 1.06 bits per heavy atom. The number of hydrogen-bond donors (Lipinski definition) is 2. The number of rotatable bonds is 4. The number of fused-ring (bicyclic) bond motifs is 1. The molecule has 2 aromatic carbocycles. The van der Waals surface area contributed by atoms with Gasteiger partial charge in [-0.2, -0.15) is 0 Å². The van der Waals surface area contributed by atoms with Crippen molar-refractivity contribution in [3.8, 4) is 11.5 Å². The fraction of sp³-hybridized carbons (Fsp3) is 0.481. The van der Waals surface area contributed by atoms with Crippen LogP contribution in [-0.4, -0.2) is 58.9 Å². The van der Waals surface area contributed by atoms with Gasteiger partial charge in [-0.05, 0) is 50.5 Å². The van der Waals surface area contributed by atoms with Crippen LogP contribution in [0.25, 0.3) is 0 Å². The minimum absolute atomic E-state index is 0.0557. The van der Waals surface area contributed by atoms with Crippen LogP contribution < -0.4 is 20.1 Å². The number of nitrogens with one attached hydrogen (secondary N) is 2. The standard InChI is InChI=1S/C27H34N4O4/c1-26(2,3)29-25(33)30-13-11-27(12-14-30)28-21(15-19-7-5-4-6-8-19)24(32)31(27)17-20-9-10-22-23(16-20)35-18-34-22/h4-10,16,21,28H,11-15,17-18H2,1-3H3,(H,29,33). The molecule has 2 fully saturated rings. The number of carbonyl (C=O) groups excluding carboxylic acids is 2. The van der Waals surface area contributed by atoms with Crippen molar-refractivity contribution in [1.82, 2.24) is 20.4 Å². The Balaban J connectivity index is 1.36. The van der Waals surface area contributed by atoms with E-state index in [2.05, 4.69) is 22.8 Å². The number of hydrogen-bond acceptors (Lipinski definition) is 5. The lowest BCUT2D eigenvalue weighted by Crippen LogP contribution is -2.61. The maximum atomic E-state index is 13.7. The fourth-order valence-corrected chi connectivity index (χ4v) is 5.20. The number of benzene rings is 2. The summed E-state index contributed by atoms with van der Waals surface area (Å²) in [5.41, 5.74) is 1.34. The van der Waals surface area contributed by atoms with Crippen molar-refractivity contribution >= 4 is 11.9 Å². The zero-order valence-corrected chi connectivity index (χ0v) is 20.7. The van der Waals surface area contributed by atoms with E-state index in [4.69, 9.17) is 9.47 Å². The molecule has 0 radical (unpaired) electrons. The van der Waals surface area contributed by atoms with E-state index in [1.807, 2.05) is 67.0 Å². The van der Waals surface area contributed by atoms with Crippen LogP contribution in [0, 0.1) is 0 Å². The van der Waals surface area contributed by atoms with Crippen LogP contribution in [-0.2, 0) is 17.8 Å². The van der Waals surface area contributed by atoms with E-state index in [-0.39, 0.29) is 30.3 Å². The van der Waals surface area contributed by atoms with Crippen LogP contribution in [0.15, 0.2) is 48.5 Å². The zero-order chi connectivity index (χ0) is 24.6. The number of carbonyl (C=O) groups is 2. The summed E-state index contributed by atoms with van der Waals surface area (Å²) in [6, 6.07) is 15.6. The summed E-state index contributed by atoms with van der Waals surface area (Å²) >= 11 is 0. The van der Waals surface area contributed by atoms with Gasteiger partial charge in [-0.25, -0.2) is 4.79 Å². The van der Waals surface area contributed by atoms with Crippen LogP contribution >= 0.6 is 0 Å². The summed E-state index contributed by atoms with van der Waals surface area (Å²) in [6.07, 6.45) is 1.98. The van der Waals surface area contributed by atoms with Gasteiger partial charge >= 0.3 is 6.03 Å². The largest absolute Gasteiger partial charge is 0.454 e. The highest BCUT2D eigenvalue weighted by molar-refractivity contribution is 5.85. The maximum Gasteiger partial charge on any atom is 0.317 e. The molecule has 1 atom stereocenters. The molecule has 2 saturated heterocycles. The first-order chi connectivity index (χ1) is 16.7. The van der Waals surface area contributed by atoms with Crippen LogP contribution in [0.5, 0.6) is 11.5 Å². The first kappa shape index (κ1) is 23.5. The molecule has 5 rings (SSSR count). The highest BCUT2D eigenvalue weighted by Crippen LogP contribution is 2.37.